The van der Waals surface area contributed by atoms with Crippen LogP contribution in [0.2, 0.25) is 5.02 Å². The lowest BCUT2D eigenvalue weighted by molar-refractivity contribution is 0.229. The van der Waals surface area contributed by atoms with Crippen LogP contribution in [0.25, 0.3) is 0 Å². The summed E-state index contributed by atoms with van der Waals surface area (Å²) in [6.45, 7) is 2.25. The number of halogens is 2. The van der Waals surface area contributed by atoms with Gasteiger partial charge in [-0.3, -0.25) is 0 Å². The summed E-state index contributed by atoms with van der Waals surface area (Å²) in [7, 11) is 1.91. The van der Waals surface area contributed by atoms with E-state index in [1.807, 2.05) is 13.1 Å². The van der Waals surface area contributed by atoms with Crippen molar-refractivity contribution in [3.8, 4) is 0 Å². The molecule has 0 bridgehead atoms. The molecule has 1 aromatic carbocycles. The molecule has 0 aromatic heterocycles. The third kappa shape index (κ3) is 2.48. The van der Waals surface area contributed by atoms with E-state index in [9.17, 15) is 4.39 Å². The summed E-state index contributed by atoms with van der Waals surface area (Å²) in [5, 5.41) is 3.73. The smallest absolute Gasteiger partial charge is 0.129 e. The number of hydrogen-bond donors (Lipinski definition) is 1. The van der Waals surface area contributed by atoms with Crippen LogP contribution in [0.3, 0.4) is 0 Å². The van der Waals surface area contributed by atoms with Crippen LogP contribution < -0.4 is 5.32 Å². The normalized spacial score (nSPS) is 20.5. The summed E-state index contributed by atoms with van der Waals surface area (Å²) in [5.74, 6) is -0.204. The molecule has 2 rings (SSSR count). The fourth-order valence-electron chi connectivity index (χ4n) is 3.09. The summed E-state index contributed by atoms with van der Waals surface area (Å²) in [5.41, 5.74) is 0.893. The first-order valence-electron chi connectivity index (χ1n) is 6.19. The Hall–Kier alpha value is -0.600. The molecule has 3 heteroatoms. The molecule has 94 valence electrons. The minimum absolute atomic E-state index is 0.0715. The number of nitrogens with one attached hydrogen (secondary N) is 1. The average molecular weight is 256 g/mol. The maximum absolute atomic E-state index is 14.0. The molecule has 17 heavy (non-hydrogen) atoms. The lowest BCUT2D eigenvalue weighted by Gasteiger charge is -2.34. The molecule has 0 aliphatic heterocycles. The van der Waals surface area contributed by atoms with Crippen molar-refractivity contribution in [3.63, 3.8) is 0 Å². The summed E-state index contributed by atoms with van der Waals surface area (Å²) < 4.78 is 14.0. The van der Waals surface area contributed by atoms with Crippen LogP contribution in [0.4, 0.5) is 4.39 Å². The van der Waals surface area contributed by atoms with Crippen molar-refractivity contribution in [1.29, 1.82) is 0 Å². The topological polar surface area (TPSA) is 12.0 Å². The minimum atomic E-state index is -0.204. The standard InChI is InChI=1S/C14H19ClFN/c1-14(7-3-4-8-14)13(17-2)11-6-5-10(15)9-12(11)16/h5-6,9,13,17H,3-4,7-8H2,1-2H3. The van der Waals surface area contributed by atoms with E-state index in [1.54, 1.807) is 6.07 Å². The van der Waals surface area contributed by atoms with Crippen molar-refractivity contribution < 1.29 is 4.39 Å². The molecule has 0 amide bonds. The van der Waals surface area contributed by atoms with Gasteiger partial charge in [-0.1, -0.05) is 37.4 Å². The van der Waals surface area contributed by atoms with E-state index in [-0.39, 0.29) is 17.3 Å². The monoisotopic (exact) mass is 255 g/mol. The molecule has 1 fully saturated rings. The molecule has 0 heterocycles. The molecule has 0 saturated heterocycles. The van der Waals surface area contributed by atoms with Crippen LogP contribution in [0, 0.1) is 11.2 Å². The van der Waals surface area contributed by atoms with E-state index in [4.69, 9.17) is 11.6 Å². The van der Waals surface area contributed by atoms with Crippen molar-refractivity contribution in [2.45, 2.75) is 38.6 Å². The quantitative estimate of drug-likeness (QED) is 0.848. The van der Waals surface area contributed by atoms with Crippen molar-refractivity contribution in [1.82, 2.24) is 5.32 Å². The van der Waals surface area contributed by atoms with Gasteiger partial charge in [0.15, 0.2) is 0 Å². The van der Waals surface area contributed by atoms with E-state index in [2.05, 4.69) is 12.2 Å². The van der Waals surface area contributed by atoms with Crippen LogP contribution in [0.15, 0.2) is 18.2 Å². The Balaban J connectivity index is 2.34. The minimum Gasteiger partial charge on any atom is -0.312 e. The second kappa shape index (κ2) is 4.95. The number of rotatable bonds is 3. The number of hydrogen-bond acceptors (Lipinski definition) is 1. The highest BCUT2D eigenvalue weighted by molar-refractivity contribution is 6.30. The Morgan fingerprint density at radius 3 is 2.53 bits per heavy atom. The van der Waals surface area contributed by atoms with Crippen molar-refractivity contribution >= 4 is 11.6 Å². The first-order valence-corrected chi connectivity index (χ1v) is 6.57. The predicted octanol–water partition coefficient (Wildman–Crippen LogP) is 4.32. The molecule has 0 spiro atoms. The molecule has 1 atom stereocenters. The van der Waals surface area contributed by atoms with Crippen LogP contribution in [-0.2, 0) is 0 Å². The van der Waals surface area contributed by atoms with E-state index in [0.29, 0.717) is 5.02 Å². The highest BCUT2D eigenvalue weighted by Crippen LogP contribution is 2.47. The number of benzene rings is 1. The van der Waals surface area contributed by atoms with Crippen molar-refractivity contribution in [3.05, 3.63) is 34.6 Å². The molecule has 1 N–H and O–H groups in total. The summed E-state index contributed by atoms with van der Waals surface area (Å²) in [6, 6.07) is 5.05. The lowest BCUT2D eigenvalue weighted by atomic mass is 9.77. The highest BCUT2D eigenvalue weighted by Gasteiger charge is 2.38. The Morgan fingerprint density at radius 2 is 2.00 bits per heavy atom. The Kier molecular flexibility index (Phi) is 3.74. The van der Waals surface area contributed by atoms with E-state index in [1.165, 1.54) is 18.9 Å². The van der Waals surface area contributed by atoms with Crippen LogP contribution in [0.5, 0.6) is 0 Å². The molecule has 1 nitrogen and oxygen atoms in total. The fraction of sp³-hybridized carbons (Fsp3) is 0.571. The lowest BCUT2D eigenvalue weighted by Crippen LogP contribution is -2.32. The zero-order chi connectivity index (χ0) is 12.5. The van der Waals surface area contributed by atoms with Crippen LogP contribution >= 0.6 is 11.6 Å². The van der Waals surface area contributed by atoms with Gasteiger partial charge in [0, 0.05) is 16.6 Å². The molecule has 1 aliphatic carbocycles. The molecular formula is C14H19ClFN. The van der Waals surface area contributed by atoms with Gasteiger partial charge in [0.2, 0.25) is 0 Å². The van der Waals surface area contributed by atoms with Crippen molar-refractivity contribution in [2.75, 3.05) is 7.05 Å². The average Bonchev–Trinajstić information content (AvgIpc) is 2.70. The third-order valence-electron chi connectivity index (χ3n) is 4.00. The maximum atomic E-state index is 14.0. The van der Waals surface area contributed by atoms with Gasteiger partial charge in [0.25, 0.3) is 0 Å². The molecule has 1 aliphatic rings. The van der Waals surface area contributed by atoms with E-state index < -0.39 is 0 Å². The molecule has 1 saturated carbocycles. The largest absolute Gasteiger partial charge is 0.312 e. The Labute approximate surface area is 107 Å². The van der Waals surface area contributed by atoms with E-state index >= 15 is 0 Å². The van der Waals surface area contributed by atoms with Gasteiger partial charge in [-0.25, -0.2) is 4.39 Å². The summed E-state index contributed by atoms with van der Waals surface area (Å²) in [6.07, 6.45) is 4.79. The zero-order valence-electron chi connectivity index (χ0n) is 10.4. The summed E-state index contributed by atoms with van der Waals surface area (Å²) in [4.78, 5) is 0. The first kappa shape index (κ1) is 12.8. The second-order valence-corrected chi connectivity index (χ2v) is 5.69. The van der Waals surface area contributed by atoms with E-state index in [0.717, 1.165) is 18.4 Å². The highest BCUT2D eigenvalue weighted by atomic mass is 35.5. The maximum Gasteiger partial charge on any atom is 0.129 e. The Morgan fingerprint density at radius 1 is 1.35 bits per heavy atom. The third-order valence-corrected chi connectivity index (χ3v) is 4.24. The SMILES string of the molecule is CNC(c1ccc(Cl)cc1F)C1(C)CCCC1. The van der Waals surface area contributed by atoms with Gasteiger partial charge in [-0.2, -0.15) is 0 Å². The van der Waals surface area contributed by atoms with Gasteiger partial charge in [-0.15, -0.1) is 0 Å². The molecule has 1 unspecified atom stereocenters. The fourth-order valence-corrected chi connectivity index (χ4v) is 3.25. The van der Waals surface area contributed by atoms with Gasteiger partial charge in [0.05, 0.1) is 0 Å². The van der Waals surface area contributed by atoms with Gasteiger partial charge in [0.1, 0.15) is 5.82 Å². The summed E-state index contributed by atoms with van der Waals surface area (Å²) >= 11 is 5.80. The zero-order valence-corrected chi connectivity index (χ0v) is 11.1. The molecular weight excluding hydrogens is 237 g/mol. The molecule has 0 radical (unpaired) electrons. The van der Waals surface area contributed by atoms with Crippen LogP contribution in [-0.4, -0.2) is 7.05 Å². The van der Waals surface area contributed by atoms with Gasteiger partial charge in [-0.05, 0) is 37.4 Å². The van der Waals surface area contributed by atoms with Gasteiger partial charge >= 0.3 is 0 Å². The van der Waals surface area contributed by atoms with Gasteiger partial charge < -0.3 is 5.32 Å². The second-order valence-electron chi connectivity index (χ2n) is 5.25. The molecule has 1 aromatic rings. The Bertz CT molecular complexity index is 399. The first-order chi connectivity index (χ1) is 8.07. The van der Waals surface area contributed by atoms with Crippen molar-refractivity contribution in [2.24, 2.45) is 5.41 Å². The predicted molar refractivity (Wildman–Crippen MR) is 69.8 cm³/mol. The van der Waals surface area contributed by atoms with Crippen LogP contribution in [0.1, 0.15) is 44.2 Å².